The zero-order chi connectivity index (χ0) is 19.9. The van der Waals surface area contributed by atoms with E-state index in [2.05, 4.69) is 0 Å². The molecule has 3 nitrogen and oxygen atoms in total. The Balaban J connectivity index is 2.32. The first kappa shape index (κ1) is 18.8. The first-order valence-corrected chi connectivity index (χ1v) is 9.08. The Labute approximate surface area is 160 Å². The van der Waals surface area contributed by atoms with Crippen LogP contribution in [0.5, 0.6) is 17.2 Å². The molecule has 3 N–H and O–H groups in total. The molecule has 0 radical (unpaired) electrons. The van der Waals surface area contributed by atoms with Gasteiger partial charge in [0.2, 0.25) is 0 Å². The Morgan fingerprint density at radius 2 is 0.963 bits per heavy atom. The van der Waals surface area contributed by atoms with Gasteiger partial charge < -0.3 is 15.3 Å². The lowest BCUT2D eigenvalue weighted by atomic mass is 9.81. The minimum Gasteiger partial charge on any atom is -0.508 e. The molecule has 140 valence electrons. The first-order chi connectivity index (χ1) is 12.7. The molecule has 3 heteroatoms. The summed E-state index contributed by atoms with van der Waals surface area (Å²) in [5, 5.41) is 30.5. The molecule has 0 aliphatic heterocycles. The van der Waals surface area contributed by atoms with Crippen LogP contribution in [0.4, 0.5) is 0 Å². The van der Waals surface area contributed by atoms with Gasteiger partial charge in [-0.15, -0.1) is 0 Å². The number of phenols is 3. The molecule has 3 aromatic rings. The van der Waals surface area contributed by atoms with Gasteiger partial charge in [-0.1, -0.05) is 30.3 Å². The Bertz CT molecular complexity index is 915. The summed E-state index contributed by atoms with van der Waals surface area (Å²) in [7, 11) is 0. The SMILES string of the molecule is Cc1ccc(O)cc1C(c1cc(C)c(O)c(C)c1)c1cc(C)c(O)c(C)c1. The minimum atomic E-state index is -0.118. The van der Waals surface area contributed by atoms with Crippen molar-refractivity contribution < 1.29 is 15.3 Å². The van der Waals surface area contributed by atoms with E-state index >= 15 is 0 Å². The zero-order valence-corrected chi connectivity index (χ0v) is 16.5. The third-order valence-corrected chi connectivity index (χ3v) is 5.27. The maximum Gasteiger partial charge on any atom is 0.121 e. The van der Waals surface area contributed by atoms with Crippen molar-refractivity contribution in [2.45, 2.75) is 40.5 Å². The van der Waals surface area contributed by atoms with Crippen LogP contribution in [-0.4, -0.2) is 15.3 Å². The molecule has 0 unspecified atom stereocenters. The Morgan fingerprint density at radius 3 is 1.37 bits per heavy atom. The molecule has 0 amide bonds. The minimum absolute atomic E-state index is 0.118. The van der Waals surface area contributed by atoms with E-state index in [1.54, 1.807) is 12.1 Å². The van der Waals surface area contributed by atoms with E-state index in [0.717, 1.165) is 44.5 Å². The van der Waals surface area contributed by atoms with Gasteiger partial charge in [0, 0.05) is 5.92 Å². The number of phenolic OH excluding ortho intramolecular Hbond substituents is 3. The number of aromatic hydroxyl groups is 3. The molecule has 0 aliphatic rings. The zero-order valence-electron chi connectivity index (χ0n) is 16.5. The molecule has 0 aliphatic carbocycles. The van der Waals surface area contributed by atoms with E-state index in [0.29, 0.717) is 11.5 Å². The second kappa shape index (κ2) is 6.99. The summed E-state index contributed by atoms with van der Waals surface area (Å²) in [6.07, 6.45) is 0. The third kappa shape index (κ3) is 3.50. The fraction of sp³-hybridized carbons (Fsp3) is 0.250. The number of hydrogen-bond acceptors (Lipinski definition) is 3. The molecule has 0 saturated carbocycles. The second-order valence-corrected chi connectivity index (χ2v) is 7.48. The molecular weight excluding hydrogens is 336 g/mol. The monoisotopic (exact) mass is 362 g/mol. The topological polar surface area (TPSA) is 60.7 Å². The first-order valence-electron chi connectivity index (χ1n) is 9.08. The molecule has 0 aromatic heterocycles. The molecule has 0 saturated heterocycles. The largest absolute Gasteiger partial charge is 0.508 e. The molecule has 0 atom stereocenters. The lowest BCUT2D eigenvalue weighted by Gasteiger charge is -2.24. The summed E-state index contributed by atoms with van der Waals surface area (Å²) in [5.41, 5.74) is 7.44. The Kier molecular flexibility index (Phi) is 4.88. The van der Waals surface area contributed by atoms with Gasteiger partial charge in [-0.2, -0.15) is 0 Å². The van der Waals surface area contributed by atoms with Crippen LogP contribution in [0.15, 0.2) is 42.5 Å². The predicted molar refractivity (Wildman–Crippen MR) is 109 cm³/mol. The van der Waals surface area contributed by atoms with E-state index in [-0.39, 0.29) is 11.7 Å². The third-order valence-electron chi connectivity index (χ3n) is 5.27. The lowest BCUT2D eigenvalue weighted by Crippen LogP contribution is -2.07. The highest BCUT2D eigenvalue weighted by atomic mass is 16.3. The Hall–Kier alpha value is -2.94. The van der Waals surface area contributed by atoms with Crippen LogP contribution in [0, 0.1) is 34.6 Å². The van der Waals surface area contributed by atoms with Crippen LogP contribution in [0.1, 0.15) is 50.4 Å². The average molecular weight is 362 g/mol. The van der Waals surface area contributed by atoms with Crippen molar-refractivity contribution in [3.8, 4) is 17.2 Å². The average Bonchev–Trinajstić information content (AvgIpc) is 2.60. The molecule has 27 heavy (non-hydrogen) atoms. The van der Waals surface area contributed by atoms with Crippen LogP contribution in [0.2, 0.25) is 0 Å². The summed E-state index contributed by atoms with van der Waals surface area (Å²) in [6.45, 7) is 9.61. The molecule has 3 rings (SSSR count). The van der Waals surface area contributed by atoms with Crippen LogP contribution in [-0.2, 0) is 0 Å². The molecular formula is C24H26O3. The van der Waals surface area contributed by atoms with Gasteiger partial charge in [0.05, 0.1) is 0 Å². The summed E-state index contributed by atoms with van der Waals surface area (Å²) in [4.78, 5) is 0. The Morgan fingerprint density at radius 1 is 0.556 bits per heavy atom. The van der Waals surface area contributed by atoms with Gasteiger partial charge in [0.1, 0.15) is 17.2 Å². The van der Waals surface area contributed by atoms with Gasteiger partial charge in [0.25, 0.3) is 0 Å². The van der Waals surface area contributed by atoms with Crippen molar-refractivity contribution in [1.29, 1.82) is 0 Å². The summed E-state index contributed by atoms with van der Waals surface area (Å²) < 4.78 is 0. The fourth-order valence-electron chi connectivity index (χ4n) is 3.80. The van der Waals surface area contributed by atoms with Gasteiger partial charge in [-0.05, 0) is 91.3 Å². The molecule has 0 fully saturated rings. The number of hydrogen-bond donors (Lipinski definition) is 3. The van der Waals surface area contributed by atoms with Gasteiger partial charge in [-0.3, -0.25) is 0 Å². The van der Waals surface area contributed by atoms with Crippen molar-refractivity contribution in [1.82, 2.24) is 0 Å². The van der Waals surface area contributed by atoms with Crippen molar-refractivity contribution in [2.75, 3.05) is 0 Å². The molecule has 0 bridgehead atoms. The maximum absolute atomic E-state index is 10.2. The van der Waals surface area contributed by atoms with E-state index in [1.165, 1.54) is 0 Å². The highest BCUT2D eigenvalue weighted by Crippen LogP contribution is 2.40. The standard InChI is InChI=1S/C24H26O3/c1-13-6-7-20(25)12-21(13)22(18-8-14(2)23(26)15(3)9-18)19-10-16(4)24(27)17(5)11-19/h6-12,22,25-27H,1-5H3. The second-order valence-electron chi connectivity index (χ2n) is 7.48. The van der Waals surface area contributed by atoms with E-state index in [1.807, 2.05) is 65.0 Å². The summed E-state index contributed by atoms with van der Waals surface area (Å²) >= 11 is 0. The summed E-state index contributed by atoms with van der Waals surface area (Å²) in [5.74, 6) is 0.722. The number of rotatable bonds is 3. The normalized spacial score (nSPS) is 11.2. The van der Waals surface area contributed by atoms with Crippen LogP contribution in [0.3, 0.4) is 0 Å². The van der Waals surface area contributed by atoms with E-state index < -0.39 is 0 Å². The van der Waals surface area contributed by atoms with Gasteiger partial charge in [-0.25, -0.2) is 0 Å². The van der Waals surface area contributed by atoms with Crippen LogP contribution >= 0.6 is 0 Å². The quantitative estimate of drug-likeness (QED) is 0.537. The number of benzene rings is 3. The number of aryl methyl sites for hydroxylation is 5. The van der Waals surface area contributed by atoms with Crippen LogP contribution < -0.4 is 0 Å². The van der Waals surface area contributed by atoms with E-state index in [4.69, 9.17) is 0 Å². The predicted octanol–water partition coefficient (Wildman–Crippen LogP) is 5.53. The molecule has 0 heterocycles. The lowest BCUT2D eigenvalue weighted by molar-refractivity contribution is 0.466. The van der Waals surface area contributed by atoms with Crippen LogP contribution in [0.25, 0.3) is 0 Å². The highest BCUT2D eigenvalue weighted by Gasteiger charge is 2.22. The van der Waals surface area contributed by atoms with Crippen molar-refractivity contribution in [2.24, 2.45) is 0 Å². The molecule has 3 aromatic carbocycles. The summed E-state index contributed by atoms with van der Waals surface area (Å²) in [6, 6.07) is 13.4. The highest BCUT2D eigenvalue weighted by molar-refractivity contribution is 5.55. The van der Waals surface area contributed by atoms with E-state index in [9.17, 15) is 15.3 Å². The van der Waals surface area contributed by atoms with Gasteiger partial charge >= 0.3 is 0 Å². The fourth-order valence-corrected chi connectivity index (χ4v) is 3.80. The van der Waals surface area contributed by atoms with Crippen molar-refractivity contribution in [3.05, 3.63) is 87.0 Å². The maximum atomic E-state index is 10.2. The smallest absolute Gasteiger partial charge is 0.121 e. The van der Waals surface area contributed by atoms with Crippen molar-refractivity contribution in [3.63, 3.8) is 0 Å². The van der Waals surface area contributed by atoms with Crippen molar-refractivity contribution >= 4 is 0 Å². The molecule has 0 spiro atoms. The van der Waals surface area contributed by atoms with Gasteiger partial charge in [0.15, 0.2) is 0 Å².